The fourth-order valence-corrected chi connectivity index (χ4v) is 11.6. The number of nitrogens with two attached hydrogens (primary N) is 2. The topological polar surface area (TPSA) is 561 Å². The first-order valence-electron chi connectivity index (χ1n) is 27.8. The van der Waals surface area contributed by atoms with Crippen molar-refractivity contribution in [3.63, 3.8) is 0 Å². The molecule has 0 saturated heterocycles. The minimum Gasteiger partial charge on any atom is -0.412 e. The maximum atomic E-state index is 10.4. The average molecular weight is 1660 g/mol. The zero-order chi connectivity index (χ0) is 66.9. The number of benzene rings is 9. The van der Waals surface area contributed by atoms with Crippen LogP contribution in [-0.4, -0.2) is 138 Å². The number of nitrogens with zero attached hydrogens (tertiary/aromatic N) is 12. The van der Waals surface area contributed by atoms with E-state index in [4.69, 9.17) is 164 Å². The van der Waals surface area contributed by atoms with Gasteiger partial charge in [0.25, 0.3) is 34.7 Å². The van der Waals surface area contributed by atoms with Crippen molar-refractivity contribution >= 4 is 271 Å². The van der Waals surface area contributed by atoms with E-state index >= 15 is 0 Å². The maximum Gasteiger partial charge on any atom is 0.281 e. The number of ketones is 6. The summed E-state index contributed by atoms with van der Waals surface area (Å²) in [6.07, 6.45) is 0. The molecule has 0 unspecified atom stereocenters. The molecule has 582 valence electrons. The van der Waals surface area contributed by atoms with Gasteiger partial charge in [-0.2, -0.15) is 0 Å². The summed E-state index contributed by atoms with van der Waals surface area (Å²) >= 11 is 48.8. The Kier molecular flexibility index (Phi) is 37.0. The van der Waals surface area contributed by atoms with Gasteiger partial charge in [-0.15, -0.1) is 0 Å². The Morgan fingerprint density at radius 2 is 0.284 bits per heavy atom. The van der Waals surface area contributed by atoms with E-state index in [0.29, 0.717) is 151 Å². The molecular weight excluding hydrogens is 1580 g/mol. The molecule has 0 radical (unpaired) electrons. The molecule has 16 rings (SSSR count). The van der Waals surface area contributed by atoms with Gasteiger partial charge in [0.2, 0.25) is 0 Å². The molecule has 6 aromatic heterocycles. The second-order valence-electron chi connectivity index (χ2n) is 21.9. The lowest BCUT2D eigenvalue weighted by Crippen LogP contribution is -2.49. The highest BCUT2D eigenvalue weighted by molar-refractivity contribution is 7.08. The Hall–Kier alpha value is -9.80. The van der Waals surface area contributed by atoms with Crippen LogP contribution in [0.15, 0.2) is 84.9 Å². The minimum atomic E-state index is -1.73. The van der Waals surface area contributed by atoms with E-state index in [0.717, 1.165) is 33.1 Å². The van der Waals surface area contributed by atoms with Crippen molar-refractivity contribution in [3.05, 3.63) is 158 Å². The predicted molar refractivity (Wildman–Crippen MR) is 446 cm³/mol. The summed E-state index contributed by atoms with van der Waals surface area (Å²) in [5, 5.41) is 3.01. The van der Waals surface area contributed by atoms with Gasteiger partial charge in [0.1, 0.15) is 66.2 Å². The molecule has 9 aromatic carbocycles. The smallest absolute Gasteiger partial charge is 0.281 e. The molecule has 36 heteroatoms. The summed E-state index contributed by atoms with van der Waals surface area (Å²) in [5.41, 5.74) is 34.2. The zero-order valence-electron chi connectivity index (χ0n) is 53.1. The Bertz CT molecular complexity index is 4840. The van der Waals surface area contributed by atoms with Crippen molar-refractivity contribution < 1.29 is 72.6 Å². The molecule has 15 aromatic rings. The predicted octanol–water partition coefficient (Wildman–Crippen LogP) is 13.2. The Labute approximate surface area is 662 Å². The third kappa shape index (κ3) is 18.4. The number of hydrogen-bond donors (Lipinski definition) is 2. The van der Waals surface area contributed by atoms with Gasteiger partial charge in [0.05, 0.1) is 118 Å². The molecule has 20 N–H and O–H groups in total. The van der Waals surface area contributed by atoms with Crippen LogP contribution in [0.25, 0.3) is 132 Å². The van der Waals surface area contributed by atoms with Crippen LogP contribution in [0.2, 0.25) is 40.2 Å². The summed E-state index contributed by atoms with van der Waals surface area (Å²) in [4.78, 5) is 122. The molecule has 0 bridgehead atoms. The number of carbonyl (C=O) groups is 6. The molecule has 0 aliphatic heterocycles. The van der Waals surface area contributed by atoms with E-state index in [1.165, 1.54) is 45.5 Å². The highest BCUT2D eigenvalue weighted by Gasteiger charge is 2.47. The Morgan fingerprint density at radius 3 is 0.394 bits per heavy atom. The van der Waals surface area contributed by atoms with E-state index in [1.54, 1.807) is 36.4 Å². The first-order valence-corrected chi connectivity index (χ1v) is 30.8. The van der Waals surface area contributed by atoms with Crippen LogP contribution in [0.3, 0.4) is 0 Å². The number of nitrogen functional groups attached to an aromatic ring is 2. The SMILES string of the molecule is C.C.C.C.C.C.C.Cc1cc2nc3c4nc5cc(C)c(C)cc5nc4c4nc5cc(C)c(C)cc5nc4c3nc2cc1C.Clc1cc2nc3c4nc5cc(Cl)c(Cl)cc5nc4c4nc5cc(Cl)c(Cl)cc5nc4c3nc2cc1Cl.Nc1cc(Cl)c(Cl)cc1N.O.O.O.O.O.O.O.O.O=C1C(=O)C(=O)C(=O)C(=O)C1=O. The fourth-order valence-electron chi connectivity index (χ4n) is 10.3. The third-order valence-electron chi connectivity index (χ3n) is 15.7. The van der Waals surface area contributed by atoms with Gasteiger partial charge in [-0.1, -0.05) is 145 Å². The number of rotatable bonds is 0. The molecule has 28 nitrogen and oxygen atoms in total. The molecule has 0 atom stereocenters. The molecule has 109 heavy (non-hydrogen) atoms. The van der Waals surface area contributed by atoms with Gasteiger partial charge in [0.15, 0.2) is 0 Å². The fraction of sp³-hybridized carbons (Fsp3) is 0.178. The monoisotopic (exact) mass is 1660 g/mol. The molecular formula is C73H80Cl8N14O14. The van der Waals surface area contributed by atoms with Crippen molar-refractivity contribution in [3.8, 4) is 0 Å². The average Bonchev–Trinajstić information content (AvgIpc) is 0.723. The molecule has 0 amide bonds. The van der Waals surface area contributed by atoms with Crippen LogP contribution in [0.4, 0.5) is 11.4 Å². The van der Waals surface area contributed by atoms with Gasteiger partial charge in [-0.3, -0.25) is 28.8 Å². The van der Waals surface area contributed by atoms with Gasteiger partial charge in [-0.25, -0.2) is 59.8 Å². The minimum absolute atomic E-state index is 0. The molecule has 1 aliphatic rings. The van der Waals surface area contributed by atoms with Crippen LogP contribution < -0.4 is 11.5 Å². The lowest BCUT2D eigenvalue weighted by atomic mass is 9.93. The van der Waals surface area contributed by atoms with E-state index in [2.05, 4.69) is 77.9 Å². The summed E-state index contributed by atoms with van der Waals surface area (Å²) in [5.74, 6) is -10.4. The van der Waals surface area contributed by atoms with Gasteiger partial charge >= 0.3 is 0 Å². The van der Waals surface area contributed by atoms with Crippen LogP contribution >= 0.6 is 92.8 Å². The van der Waals surface area contributed by atoms with Crippen molar-refractivity contribution in [2.45, 2.75) is 93.5 Å². The third-order valence-corrected chi connectivity index (χ3v) is 18.6. The van der Waals surface area contributed by atoms with Crippen molar-refractivity contribution in [1.82, 2.24) is 59.8 Å². The summed E-state index contributed by atoms with van der Waals surface area (Å²) in [7, 11) is 0. The highest BCUT2D eigenvalue weighted by Crippen LogP contribution is 2.39. The van der Waals surface area contributed by atoms with Gasteiger partial charge in [-0.05, 0) is 160 Å². The largest absolute Gasteiger partial charge is 0.412 e. The number of halogens is 8. The van der Waals surface area contributed by atoms with E-state index in [9.17, 15) is 28.8 Å². The van der Waals surface area contributed by atoms with Crippen molar-refractivity contribution in [2.24, 2.45) is 0 Å². The first-order chi connectivity index (χ1) is 44.6. The molecule has 6 heterocycles. The van der Waals surface area contributed by atoms with Crippen molar-refractivity contribution in [1.29, 1.82) is 0 Å². The standard InChI is InChI=1S/C30H24N6.C24H6Cl6N6.C6H6Cl2N2.C6O6.7CH4.8H2O/c1-13-7-19-20(8-14(13)2)32-26-25(31-19)27-29(35-22-10-16(4)15(3)9-21(22)33-27)30-28(26)34-23-11-17(5)18(6)12-24(23)36-30;25-7-1-13-14(2-8(7)26)32-20-19(31-13)21-23(35-16-4-10(28)9(27)3-15(16)33-21)24-22(20)34-17-5-11(29)12(30)6-18(17)36-24;7-3-1-5(9)6(10)2-4(3)8;7-1-2(8)4(10)6(12)5(11)3(1)9;;;;;;;;;;;;;;;/h7-12H,1-6H3;1-6H;1-2H,9-10H2;;7*1H4;8*1H2. The molecule has 1 fully saturated rings. The van der Waals surface area contributed by atoms with Crippen LogP contribution in [0.5, 0.6) is 0 Å². The molecule has 1 aliphatic carbocycles. The maximum absolute atomic E-state index is 10.4. The highest BCUT2D eigenvalue weighted by atomic mass is 35.5. The van der Waals surface area contributed by atoms with Crippen LogP contribution in [0.1, 0.15) is 85.4 Å². The number of aryl methyl sites for hydroxylation is 6. The lowest BCUT2D eigenvalue weighted by Gasteiger charge is -2.12. The van der Waals surface area contributed by atoms with E-state index in [1.807, 2.05) is 0 Å². The first kappa shape index (κ1) is 103. The van der Waals surface area contributed by atoms with Gasteiger partial charge < -0.3 is 55.3 Å². The normalized spacial score (nSPS) is 11.0. The second kappa shape index (κ2) is 39.0. The number of fused-ring (bicyclic) bond motifs is 18. The summed E-state index contributed by atoms with van der Waals surface area (Å²) < 4.78 is 0. The van der Waals surface area contributed by atoms with Crippen LogP contribution in [0, 0.1) is 41.5 Å². The number of Topliss-reactive ketones (excluding diaryl/α,β-unsaturated/α-hetero) is 6. The molecule has 1 saturated carbocycles. The lowest BCUT2D eigenvalue weighted by molar-refractivity contribution is -0.158. The number of anilines is 2. The van der Waals surface area contributed by atoms with E-state index in [-0.39, 0.29) is 95.8 Å². The zero-order valence-corrected chi connectivity index (χ0v) is 59.1. The Morgan fingerprint density at radius 1 is 0.193 bits per heavy atom. The Balaban J connectivity index is -0.00000146. The second-order valence-corrected chi connectivity index (χ2v) is 25.2. The number of hydrogen-bond acceptors (Lipinski definition) is 20. The van der Waals surface area contributed by atoms with E-state index < -0.39 is 34.7 Å². The van der Waals surface area contributed by atoms with Crippen molar-refractivity contribution in [2.75, 3.05) is 11.5 Å². The summed E-state index contributed by atoms with van der Waals surface area (Å²) in [6.45, 7) is 12.6. The van der Waals surface area contributed by atoms with Gasteiger partial charge in [0, 0.05) is 0 Å². The number of aromatic nitrogens is 12. The quantitative estimate of drug-likeness (QED) is 0.0616. The number of carbonyl (C=O) groups excluding carboxylic acids is 6. The molecule has 0 spiro atoms. The van der Waals surface area contributed by atoms with Crippen LogP contribution in [-0.2, 0) is 28.8 Å². The summed E-state index contributed by atoms with van der Waals surface area (Å²) in [6, 6.07) is 25.5.